The van der Waals surface area contributed by atoms with Gasteiger partial charge in [0.15, 0.2) is 0 Å². The number of nitrogens with one attached hydrogen (secondary N) is 1. The van der Waals surface area contributed by atoms with Gasteiger partial charge < -0.3 is 5.32 Å². The Morgan fingerprint density at radius 2 is 2.40 bits per heavy atom. The topological polar surface area (TPSA) is 28.2 Å². The van der Waals surface area contributed by atoms with Crippen molar-refractivity contribution in [2.75, 3.05) is 19.6 Å². The lowest BCUT2D eigenvalue weighted by atomic mass is 10.1. The Morgan fingerprint density at radius 1 is 1.53 bits per heavy atom. The lowest BCUT2D eigenvalue weighted by Crippen LogP contribution is -2.49. The van der Waals surface area contributed by atoms with E-state index in [0.29, 0.717) is 6.04 Å². The normalized spacial score (nSPS) is 22.9. The van der Waals surface area contributed by atoms with Crippen LogP contribution in [0.25, 0.3) is 0 Å². The maximum atomic E-state index is 4.33. The molecular formula is C12H19N3. The summed E-state index contributed by atoms with van der Waals surface area (Å²) in [6.45, 7) is 8.65. The summed E-state index contributed by atoms with van der Waals surface area (Å²) in [5.74, 6) is 0. The zero-order chi connectivity index (χ0) is 10.7. The summed E-state index contributed by atoms with van der Waals surface area (Å²) < 4.78 is 0. The van der Waals surface area contributed by atoms with Gasteiger partial charge in [-0.15, -0.1) is 0 Å². The summed E-state index contributed by atoms with van der Waals surface area (Å²) >= 11 is 0. The summed E-state index contributed by atoms with van der Waals surface area (Å²) in [5.41, 5.74) is 2.40. The van der Waals surface area contributed by atoms with Gasteiger partial charge in [0.05, 0.1) is 0 Å². The third-order valence-corrected chi connectivity index (χ3v) is 3.00. The van der Waals surface area contributed by atoms with E-state index in [9.17, 15) is 0 Å². The lowest BCUT2D eigenvalue weighted by molar-refractivity contribution is 0.165. The summed E-state index contributed by atoms with van der Waals surface area (Å²) in [4.78, 5) is 6.83. The Hall–Kier alpha value is -0.930. The van der Waals surface area contributed by atoms with Gasteiger partial charge in [-0.2, -0.15) is 0 Å². The van der Waals surface area contributed by atoms with E-state index in [4.69, 9.17) is 0 Å². The Kier molecular flexibility index (Phi) is 3.34. The SMILES string of the molecule is Cc1ccc(CN2CCNCC2C)cn1. The first-order chi connectivity index (χ1) is 7.25. The minimum absolute atomic E-state index is 0.625. The molecule has 0 bridgehead atoms. The van der Waals surface area contributed by atoms with Crippen LogP contribution in [0.5, 0.6) is 0 Å². The number of nitrogens with zero attached hydrogens (tertiary/aromatic N) is 2. The maximum absolute atomic E-state index is 4.33. The molecule has 0 aromatic carbocycles. The van der Waals surface area contributed by atoms with Crippen LogP contribution in [0.3, 0.4) is 0 Å². The van der Waals surface area contributed by atoms with Crippen LogP contribution in [-0.4, -0.2) is 35.6 Å². The largest absolute Gasteiger partial charge is 0.314 e. The van der Waals surface area contributed by atoms with E-state index in [-0.39, 0.29) is 0 Å². The van der Waals surface area contributed by atoms with Gasteiger partial charge in [0.1, 0.15) is 0 Å². The number of aromatic nitrogens is 1. The highest BCUT2D eigenvalue weighted by atomic mass is 15.2. The van der Waals surface area contributed by atoms with Crippen molar-refractivity contribution >= 4 is 0 Å². The molecule has 1 aromatic rings. The molecule has 1 fully saturated rings. The first-order valence-corrected chi connectivity index (χ1v) is 5.62. The molecule has 1 aromatic heterocycles. The van der Waals surface area contributed by atoms with E-state index in [0.717, 1.165) is 31.9 Å². The monoisotopic (exact) mass is 205 g/mol. The van der Waals surface area contributed by atoms with Gasteiger partial charge in [0.25, 0.3) is 0 Å². The van der Waals surface area contributed by atoms with Gasteiger partial charge in [-0.1, -0.05) is 6.07 Å². The van der Waals surface area contributed by atoms with Crippen molar-refractivity contribution in [1.82, 2.24) is 15.2 Å². The fourth-order valence-electron chi connectivity index (χ4n) is 1.94. The van der Waals surface area contributed by atoms with Crippen LogP contribution in [0, 0.1) is 6.92 Å². The summed E-state index contributed by atoms with van der Waals surface area (Å²) in [6.07, 6.45) is 1.99. The predicted octanol–water partition coefficient (Wildman–Crippen LogP) is 1.18. The number of pyridine rings is 1. The predicted molar refractivity (Wildman–Crippen MR) is 61.7 cm³/mol. The second-order valence-corrected chi connectivity index (χ2v) is 4.33. The fraction of sp³-hybridized carbons (Fsp3) is 0.583. The highest BCUT2D eigenvalue weighted by molar-refractivity contribution is 5.13. The van der Waals surface area contributed by atoms with Gasteiger partial charge in [0.2, 0.25) is 0 Å². The molecule has 2 rings (SSSR count). The van der Waals surface area contributed by atoms with Crippen LogP contribution in [-0.2, 0) is 6.54 Å². The average molecular weight is 205 g/mol. The molecule has 1 saturated heterocycles. The summed E-state index contributed by atoms with van der Waals surface area (Å²) in [7, 11) is 0. The number of piperazine rings is 1. The first-order valence-electron chi connectivity index (χ1n) is 5.62. The van der Waals surface area contributed by atoms with Crippen molar-refractivity contribution in [2.45, 2.75) is 26.4 Å². The van der Waals surface area contributed by atoms with Crippen LogP contribution < -0.4 is 5.32 Å². The molecule has 1 unspecified atom stereocenters. The van der Waals surface area contributed by atoms with Crippen LogP contribution >= 0.6 is 0 Å². The molecule has 3 heteroatoms. The van der Waals surface area contributed by atoms with E-state index in [2.05, 4.69) is 34.3 Å². The van der Waals surface area contributed by atoms with Crippen LogP contribution in [0.1, 0.15) is 18.2 Å². The van der Waals surface area contributed by atoms with Crippen molar-refractivity contribution in [3.05, 3.63) is 29.6 Å². The van der Waals surface area contributed by atoms with Crippen molar-refractivity contribution in [1.29, 1.82) is 0 Å². The molecular weight excluding hydrogens is 186 g/mol. The molecule has 0 saturated carbocycles. The van der Waals surface area contributed by atoms with Crippen molar-refractivity contribution in [3.8, 4) is 0 Å². The van der Waals surface area contributed by atoms with Gasteiger partial charge in [-0.3, -0.25) is 9.88 Å². The molecule has 15 heavy (non-hydrogen) atoms. The van der Waals surface area contributed by atoms with Crippen molar-refractivity contribution < 1.29 is 0 Å². The molecule has 0 amide bonds. The summed E-state index contributed by atoms with van der Waals surface area (Å²) in [6, 6.07) is 4.89. The molecule has 1 N–H and O–H groups in total. The Balaban J connectivity index is 1.98. The Morgan fingerprint density at radius 3 is 3.07 bits per heavy atom. The molecule has 1 aliphatic rings. The summed E-state index contributed by atoms with van der Waals surface area (Å²) in [5, 5.41) is 3.40. The van der Waals surface area contributed by atoms with E-state index >= 15 is 0 Å². The minimum atomic E-state index is 0.625. The average Bonchev–Trinajstić information content (AvgIpc) is 2.25. The molecule has 0 aliphatic carbocycles. The van der Waals surface area contributed by atoms with Crippen LogP contribution in [0.2, 0.25) is 0 Å². The lowest BCUT2D eigenvalue weighted by Gasteiger charge is -2.33. The second kappa shape index (κ2) is 4.73. The number of rotatable bonds is 2. The standard InChI is InChI=1S/C12H19N3/c1-10-3-4-12(8-14-10)9-15-6-5-13-7-11(15)2/h3-4,8,11,13H,5-7,9H2,1-2H3. The van der Waals surface area contributed by atoms with Crippen molar-refractivity contribution in [2.24, 2.45) is 0 Å². The number of hydrogen-bond acceptors (Lipinski definition) is 3. The zero-order valence-electron chi connectivity index (χ0n) is 9.53. The second-order valence-electron chi connectivity index (χ2n) is 4.33. The van der Waals surface area contributed by atoms with Crippen molar-refractivity contribution in [3.63, 3.8) is 0 Å². The van der Waals surface area contributed by atoms with Gasteiger partial charge in [-0.25, -0.2) is 0 Å². The fourth-order valence-corrected chi connectivity index (χ4v) is 1.94. The van der Waals surface area contributed by atoms with E-state index in [1.54, 1.807) is 0 Å². The number of aryl methyl sites for hydroxylation is 1. The Labute approximate surface area is 91.5 Å². The molecule has 2 heterocycles. The highest BCUT2D eigenvalue weighted by Crippen LogP contribution is 2.09. The van der Waals surface area contributed by atoms with Crippen LogP contribution in [0.4, 0.5) is 0 Å². The third kappa shape index (κ3) is 2.76. The first kappa shape index (κ1) is 10.6. The zero-order valence-corrected chi connectivity index (χ0v) is 9.53. The molecule has 0 spiro atoms. The van der Waals surface area contributed by atoms with Gasteiger partial charge >= 0.3 is 0 Å². The highest BCUT2D eigenvalue weighted by Gasteiger charge is 2.17. The van der Waals surface area contributed by atoms with Crippen LogP contribution in [0.15, 0.2) is 18.3 Å². The van der Waals surface area contributed by atoms with Gasteiger partial charge in [0, 0.05) is 44.1 Å². The smallest absolute Gasteiger partial charge is 0.0372 e. The molecule has 82 valence electrons. The molecule has 1 aliphatic heterocycles. The van der Waals surface area contributed by atoms with E-state index in [1.807, 2.05) is 13.1 Å². The minimum Gasteiger partial charge on any atom is -0.314 e. The quantitative estimate of drug-likeness (QED) is 0.786. The maximum Gasteiger partial charge on any atom is 0.0372 e. The number of hydrogen-bond donors (Lipinski definition) is 1. The van der Waals surface area contributed by atoms with Gasteiger partial charge in [-0.05, 0) is 25.5 Å². The third-order valence-electron chi connectivity index (χ3n) is 3.00. The molecule has 1 atom stereocenters. The molecule has 3 nitrogen and oxygen atoms in total. The molecule has 0 radical (unpaired) electrons. The van der Waals surface area contributed by atoms with E-state index in [1.165, 1.54) is 5.56 Å². The Bertz CT molecular complexity index is 307. The van der Waals surface area contributed by atoms with E-state index < -0.39 is 0 Å².